The van der Waals surface area contributed by atoms with Gasteiger partial charge < -0.3 is 10.4 Å². The average Bonchev–Trinajstić information content (AvgIpc) is 3.01. The smallest absolute Gasteiger partial charge is 0.266 e. The molecular formula is C22H21FN2O3S2. The summed E-state index contributed by atoms with van der Waals surface area (Å²) < 4.78 is 14.2. The van der Waals surface area contributed by atoms with E-state index < -0.39 is 11.9 Å². The molecule has 0 unspecified atom stereocenters. The number of benzene rings is 2. The number of thioether (sulfide) groups is 1. The second-order valence-corrected chi connectivity index (χ2v) is 8.42. The van der Waals surface area contributed by atoms with Gasteiger partial charge in [-0.3, -0.25) is 14.5 Å². The van der Waals surface area contributed by atoms with Crippen molar-refractivity contribution in [2.45, 2.75) is 18.9 Å². The van der Waals surface area contributed by atoms with Crippen LogP contribution in [0.5, 0.6) is 0 Å². The van der Waals surface area contributed by atoms with Gasteiger partial charge in [-0.1, -0.05) is 72.5 Å². The molecule has 5 nitrogen and oxygen atoms in total. The topological polar surface area (TPSA) is 69.6 Å². The third-order valence-corrected chi connectivity index (χ3v) is 5.92. The third-order valence-electron chi connectivity index (χ3n) is 4.54. The molecule has 2 aromatic carbocycles. The lowest BCUT2D eigenvalue weighted by atomic mass is 10.1. The first-order chi connectivity index (χ1) is 14.5. The molecule has 1 fully saturated rings. The summed E-state index contributed by atoms with van der Waals surface area (Å²) in [4.78, 5) is 26.6. The zero-order valence-corrected chi connectivity index (χ0v) is 17.7. The van der Waals surface area contributed by atoms with Crippen molar-refractivity contribution in [1.82, 2.24) is 10.2 Å². The molecule has 30 heavy (non-hydrogen) atoms. The van der Waals surface area contributed by atoms with Crippen molar-refractivity contribution in [2.24, 2.45) is 0 Å². The van der Waals surface area contributed by atoms with Gasteiger partial charge in [-0.15, -0.1) is 0 Å². The minimum Gasteiger partial charge on any atom is -0.394 e. The van der Waals surface area contributed by atoms with Crippen LogP contribution in [0.3, 0.4) is 0 Å². The minimum atomic E-state index is -0.421. The summed E-state index contributed by atoms with van der Waals surface area (Å²) in [6.07, 6.45) is 2.02. The second kappa shape index (κ2) is 10.5. The van der Waals surface area contributed by atoms with E-state index >= 15 is 0 Å². The number of thiocarbonyl (C=S) groups is 1. The van der Waals surface area contributed by atoms with Crippen LogP contribution in [-0.4, -0.2) is 45.3 Å². The molecule has 0 bridgehead atoms. The summed E-state index contributed by atoms with van der Waals surface area (Å²) in [5, 5.41) is 12.3. The molecule has 1 heterocycles. The lowest BCUT2D eigenvalue weighted by molar-refractivity contribution is -0.124. The number of nitrogens with zero attached hydrogens (tertiary/aromatic N) is 1. The van der Waals surface area contributed by atoms with Gasteiger partial charge in [0.25, 0.3) is 5.91 Å². The first-order valence-electron chi connectivity index (χ1n) is 9.42. The summed E-state index contributed by atoms with van der Waals surface area (Å²) >= 11 is 6.34. The van der Waals surface area contributed by atoms with Gasteiger partial charge in [0.05, 0.1) is 17.6 Å². The number of rotatable bonds is 8. The van der Waals surface area contributed by atoms with Crippen molar-refractivity contribution in [3.8, 4) is 0 Å². The monoisotopic (exact) mass is 444 g/mol. The molecule has 1 atom stereocenters. The lowest BCUT2D eigenvalue weighted by Gasteiger charge is -2.18. The number of nitrogens with one attached hydrogen (secondary N) is 1. The van der Waals surface area contributed by atoms with Crippen LogP contribution in [0.2, 0.25) is 0 Å². The predicted octanol–water partition coefficient (Wildman–Crippen LogP) is 3.14. The first-order valence-corrected chi connectivity index (χ1v) is 10.6. The molecule has 1 aliphatic heterocycles. The Balaban J connectivity index is 1.56. The van der Waals surface area contributed by atoms with E-state index in [0.717, 1.165) is 17.3 Å². The standard InChI is InChI=1S/C22H21FN2O3S2/c23-18-9-5-4-8-16(18)13-19-21(28)25(22(29)30-19)11-10-20(27)24-17(14-26)12-15-6-2-1-3-7-15/h1-9,13,17,26H,10-12,14H2,(H,24,27)/b19-13-/t17-/m0/s1. The quantitative estimate of drug-likeness (QED) is 0.484. The summed E-state index contributed by atoms with van der Waals surface area (Å²) in [7, 11) is 0. The van der Waals surface area contributed by atoms with Crippen molar-refractivity contribution in [2.75, 3.05) is 13.2 Å². The van der Waals surface area contributed by atoms with Crippen LogP contribution >= 0.6 is 24.0 Å². The fourth-order valence-electron chi connectivity index (χ4n) is 3.00. The molecule has 0 aliphatic carbocycles. The SMILES string of the molecule is O=C(CCN1C(=O)/C(=C/c2ccccc2F)SC1=S)N[C@H](CO)Cc1ccccc1. The Morgan fingerprint density at radius 2 is 1.90 bits per heavy atom. The van der Waals surface area contributed by atoms with Crippen LogP contribution in [0.4, 0.5) is 4.39 Å². The fourth-order valence-corrected chi connectivity index (χ4v) is 4.30. The number of halogens is 1. The Morgan fingerprint density at radius 1 is 1.20 bits per heavy atom. The number of amides is 2. The average molecular weight is 445 g/mol. The molecule has 2 aromatic rings. The maximum atomic E-state index is 13.8. The number of carbonyl (C=O) groups is 2. The highest BCUT2D eigenvalue weighted by Gasteiger charge is 2.32. The predicted molar refractivity (Wildman–Crippen MR) is 120 cm³/mol. The van der Waals surface area contributed by atoms with Crippen molar-refractivity contribution >= 4 is 46.2 Å². The van der Waals surface area contributed by atoms with Gasteiger partial charge >= 0.3 is 0 Å². The van der Waals surface area contributed by atoms with E-state index in [-0.39, 0.29) is 31.4 Å². The third kappa shape index (κ3) is 5.75. The van der Waals surface area contributed by atoms with E-state index in [4.69, 9.17) is 12.2 Å². The number of hydrogen-bond acceptors (Lipinski definition) is 5. The Labute approximate surface area is 184 Å². The zero-order valence-electron chi connectivity index (χ0n) is 16.1. The molecular weight excluding hydrogens is 423 g/mol. The van der Waals surface area contributed by atoms with Crippen LogP contribution < -0.4 is 5.32 Å². The van der Waals surface area contributed by atoms with E-state index in [1.54, 1.807) is 18.2 Å². The van der Waals surface area contributed by atoms with Gasteiger partial charge in [0, 0.05) is 18.5 Å². The molecule has 1 aliphatic rings. The largest absolute Gasteiger partial charge is 0.394 e. The Hall–Kier alpha value is -2.55. The minimum absolute atomic E-state index is 0.0463. The van der Waals surface area contributed by atoms with Gasteiger partial charge in [0.15, 0.2) is 0 Å². The van der Waals surface area contributed by atoms with Crippen LogP contribution in [-0.2, 0) is 16.0 Å². The highest BCUT2D eigenvalue weighted by Crippen LogP contribution is 2.32. The van der Waals surface area contributed by atoms with E-state index in [2.05, 4.69) is 5.32 Å². The molecule has 1 saturated heterocycles. The van der Waals surface area contributed by atoms with Gasteiger partial charge in [0.2, 0.25) is 5.91 Å². The van der Waals surface area contributed by atoms with Gasteiger partial charge in [-0.2, -0.15) is 0 Å². The zero-order chi connectivity index (χ0) is 21.5. The van der Waals surface area contributed by atoms with Crippen LogP contribution in [0.25, 0.3) is 6.08 Å². The highest BCUT2D eigenvalue weighted by molar-refractivity contribution is 8.26. The molecule has 3 rings (SSSR count). The van der Waals surface area contributed by atoms with Crippen molar-refractivity contribution in [3.63, 3.8) is 0 Å². The number of aliphatic hydroxyl groups excluding tert-OH is 1. The Bertz CT molecular complexity index is 966. The molecule has 156 valence electrons. The Morgan fingerprint density at radius 3 is 2.60 bits per heavy atom. The van der Waals surface area contributed by atoms with Crippen LogP contribution in [0.1, 0.15) is 17.5 Å². The molecule has 2 amide bonds. The normalized spacial score (nSPS) is 16.2. The molecule has 2 N–H and O–H groups in total. The van der Waals surface area contributed by atoms with E-state index in [1.165, 1.54) is 17.0 Å². The van der Waals surface area contributed by atoms with Crippen molar-refractivity contribution in [3.05, 3.63) is 76.4 Å². The molecule has 0 spiro atoms. The summed E-state index contributed by atoms with van der Waals surface area (Å²) in [6, 6.07) is 15.3. The first kappa shape index (κ1) is 22.1. The summed E-state index contributed by atoms with van der Waals surface area (Å²) in [6.45, 7) is -0.0678. The van der Waals surface area contributed by atoms with Crippen LogP contribution in [0.15, 0.2) is 59.5 Å². The molecule has 0 saturated carbocycles. The highest BCUT2D eigenvalue weighted by atomic mass is 32.2. The summed E-state index contributed by atoms with van der Waals surface area (Å²) in [5.41, 5.74) is 1.31. The van der Waals surface area contributed by atoms with Gasteiger partial charge in [-0.25, -0.2) is 4.39 Å². The summed E-state index contributed by atoms with van der Waals surface area (Å²) in [5.74, 6) is -1.04. The van der Waals surface area contributed by atoms with Gasteiger partial charge in [-0.05, 0) is 24.1 Å². The Kier molecular flexibility index (Phi) is 7.73. The van der Waals surface area contributed by atoms with E-state index in [1.807, 2.05) is 30.3 Å². The van der Waals surface area contributed by atoms with E-state index in [9.17, 15) is 19.1 Å². The van der Waals surface area contributed by atoms with Crippen LogP contribution in [0, 0.1) is 5.82 Å². The van der Waals surface area contributed by atoms with Gasteiger partial charge in [0.1, 0.15) is 10.1 Å². The molecule has 8 heteroatoms. The number of aliphatic hydroxyl groups is 1. The lowest BCUT2D eigenvalue weighted by Crippen LogP contribution is -2.41. The fraction of sp³-hybridized carbons (Fsp3) is 0.227. The second-order valence-electron chi connectivity index (χ2n) is 6.74. The van der Waals surface area contributed by atoms with Crippen molar-refractivity contribution in [1.29, 1.82) is 0 Å². The maximum Gasteiger partial charge on any atom is 0.266 e. The number of hydrogen-bond donors (Lipinski definition) is 2. The molecule has 0 radical (unpaired) electrons. The maximum absolute atomic E-state index is 13.8. The van der Waals surface area contributed by atoms with Crippen molar-refractivity contribution < 1.29 is 19.1 Å². The molecule has 0 aromatic heterocycles. The van der Waals surface area contributed by atoms with E-state index in [0.29, 0.717) is 21.2 Å². The number of carbonyl (C=O) groups excluding carboxylic acids is 2.